The quantitative estimate of drug-likeness (QED) is 0.445. The third kappa shape index (κ3) is 4.66. The summed E-state index contributed by atoms with van der Waals surface area (Å²) in [4.78, 5) is 2.77. The Morgan fingerprint density at radius 2 is 1.64 bits per heavy atom. The molecule has 0 N–H and O–H groups in total. The normalized spacial score (nSPS) is 23.8. The van der Waals surface area contributed by atoms with E-state index in [4.69, 9.17) is 4.74 Å². The first-order valence-corrected chi connectivity index (χ1v) is 14.0. The first-order valence-electron chi connectivity index (χ1n) is 12.5. The number of fused-ring (bicyclic) bond motifs is 1. The summed E-state index contributed by atoms with van der Waals surface area (Å²) < 4.78 is 34.6. The van der Waals surface area contributed by atoms with E-state index in [9.17, 15) is 8.42 Å². The molecule has 2 aliphatic rings. The van der Waals surface area contributed by atoms with Crippen molar-refractivity contribution in [3.63, 3.8) is 0 Å². The zero-order valence-electron chi connectivity index (χ0n) is 21.2. The Morgan fingerprint density at radius 1 is 0.889 bits per heavy atom. The number of rotatable bonds is 6. The third-order valence-electron chi connectivity index (χ3n) is 7.56. The molecule has 2 heterocycles. The number of sulfonamides is 1. The van der Waals surface area contributed by atoms with Gasteiger partial charge in [-0.3, -0.25) is 4.90 Å². The van der Waals surface area contributed by atoms with Gasteiger partial charge in [0, 0.05) is 44.7 Å². The van der Waals surface area contributed by atoms with E-state index in [0.717, 1.165) is 12.1 Å². The van der Waals surface area contributed by atoms with Gasteiger partial charge in [0.25, 0.3) is 0 Å². The van der Waals surface area contributed by atoms with Gasteiger partial charge in [0.15, 0.2) is 0 Å². The van der Waals surface area contributed by atoms with Crippen LogP contribution in [0.1, 0.15) is 22.6 Å². The highest BCUT2D eigenvalue weighted by atomic mass is 32.2. The summed E-state index contributed by atoms with van der Waals surface area (Å²) in [5.41, 5.74) is 5.63. The lowest BCUT2D eigenvalue weighted by atomic mass is 9.74. The topological polar surface area (TPSA) is 49.9 Å². The van der Waals surface area contributed by atoms with Crippen molar-refractivity contribution in [2.24, 2.45) is 0 Å². The van der Waals surface area contributed by atoms with Crippen molar-refractivity contribution in [2.45, 2.75) is 36.7 Å². The second kappa shape index (κ2) is 10.3. The minimum Gasteiger partial charge on any atom is -0.383 e. The fraction of sp³-hybridized carbons (Fsp3) is 0.333. The van der Waals surface area contributed by atoms with Crippen LogP contribution in [0.5, 0.6) is 0 Å². The molecular weight excluding hydrogens is 468 g/mol. The highest BCUT2D eigenvalue weighted by Crippen LogP contribution is 2.43. The van der Waals surface area contributed by atoms with Crippen molar-refractivity contribution in [3.05, 3.63) is 102 Å². The van der Waals surface area contributed by atoms with Gasteiger partial charge in [-0.15, -0.1) is 0 Å². The van der Waals surface area contributed by atoms with Gasteiger partial charge >= 0.3 is 0 Å². The van der Waals surface area contributed by atoms with E-state index in [1.54, 1.807) is 23.5 Å². The molecule has 5 rings (SSSR count). The Hall–Kier alpha value is -2.77. The Balaban J connectivity index is 1.46. The maximum atomic E-state index is 13.7. The third-order valence-corrected chi connectivity index (χ3v) is 9.55. The summed E-state index contributed by atoms with van der Waals surface area (Å²) in [6, 6.07) is 24.8. The zero-order chi connectivity index (χ0) is 25.3. The average Bonchev–Trinajstić information content (AvgIpc) is 2.85. The Morgan fingerprint density at radius 3 is 2.36 bits per heavy atom. The van der Waals surface area contributed by atoms with E-state index >= 15 is 0 Å². The van der Waals surface area contributed by atoms with Crippen molar-refractivity contribution in [2.75, 3.05) is 33.4 Å². The fourth-order valence-corrected chi connectivity index (χ4v) is 7.33. The van der Waals surface area contributed by atoms with Crippen molar-refractivity contribution >= 4 is 10.0 Å². The van der Waals surface area contributed by atoms with E-state index in [-0.39, 0.29) is 18.0 Å². The van der Waals surface area contributed by atoms with Gasteiger partial charge in [-0.25, -0.2) is 8.42 Å². The summed E-state index contributed by atoms with van der Waals surface area (Å²) in [5, 5.41) is 0. The van der Waals surface area contributed by atoms with Crippen LogP contribution < -0.4 is 0 Å². The second-order valence-electron chi connectivity index (χ2n) is 9.86. The van der Waals surface area contributed by atoms with Crippen molar-refractivity contribution in [3.8, 4) is 11.1 Å². The molecule has 0 spiro atoms. The molecule has 36 heavy (non-hydrogen) atoms. The zero-order valence-corrected chi connectivity index (χ0v) is 22.0. The maximum Gasteiger partial charge on any atom is 0.243 e. The highest BCUT2D eigenvalue weighted by Gasteiger charge is 2.50. The molecule has 2 aliphatic heterocycles. The summed E-state index contributed by atoms with van der Waals surface area (Å²) in [7, 11) is -1.88. The van der Waals surface area contributed by atoms with Gasteiger partial charge in [0.1, 0.15) is 0 Å². The molecule has 1 fully saturated rings. The first kappa shape index (κ1) is 24.9. The van der Waals surface area contributed by atoms with Gasteiger partial charge in [-0.1, -0.05) is 84.4 Å². The van der Waals surface area contributed by atoms with E-state index in [2.05, 4.69) is 66.4 Å². The molecule has 0 amide bonds. The van der Waals surface area contributed by atoms with Gasteiger partial charge in [-0.05, 0) is 42.2 Å². The van der Waals surface area contributed by atoms with Gasteiger partial charge in [0.05, 0.1) is 11.5 Å². The summed E-state index contributed by atoms with van der Waals surface area (Å²) >= 11 is 0. The smallest absolute Gasteiger partial charge is 0.243 e. The van der Waals surface area contributed by atoms with Gasteiger partial charge in [-0.2, -0.15) is 4.31 Å². The fourth-order valence-electron chi connectivity index (χ4n) is 5.69. The van der Waals surface area contributed by atoms with Crippen molar-refractivity contribution in [1.82, 2.24) is 9.21 Å². The predicted octanol–water partition coefficient (Wildman–Crippen LogP) is 5.01. The SMILES string of the molecule is COCC1[C@@H](c2ccc(-c3cccc(C)c3)cc2)[C@@H]2CN(S(=O)(=O)c3ccccc3C)C/C=C\CN12. The van der Waals surface area contributed by atoms with Crippen LogP contribution in [0, 0.1) is 13.8 Å². The monoisotopic (exact) mass is 502 g/mol. The molecule has 0 aliphatic carbocycles. The first-order chi connectivity index (χ1) is 17.4. The number of nitrogens with zero attached hydrogens (tertiary/aromatic N) is 2. The van der Waals surface area contributed by atoms with Gasteiger partial charge < -0.3 is 4.74 Å². The molecule has 188 valence electrons. The molecule has 0 saturated carbocycles. The summed E-state index contributed by atoms with van der Waals surface area (Å²) in [6.07, 6.45) is 4.06. The van der Waals surface area contributed by atoms with Crippen molar-refractivity contribution in [1.29, 1.82) is 0 Å². The summed E-state index contributed by atoms with van der Waals surface area (Å²) in [6.45, 7) is 6.21. The minimum absolute atomic E-state index is 0.0821. The molecule has 3 aromatic carbocycles. The van der Waals surface area contributed by atoms with E-state index < -0.39 is 10.0 Å². The lowest BCUT2D eigenvalue weighted by Gasteiger charge is -2.56. The number of hydrogen-bond acceptors (Lipinski definition) is 4. The standard InChI is InChI=1S/C30H34N2O3S/c1-22-9-8-11-26(19-22)24-13-15-25(16-14-24)30-27-20-31(17-6-7-18-32(27)28(30)21-35-3)36(33,34)29-12-5-4-10-23(29)2/h4-16,19,27-28,30H,17-18,20-21H2,1-3H3/b7-6-/t27-,28?,30-/m0/s1. The van der Waals surface area contributed by atoms with Crippen LogP contribution in [-0.4, -0.2) is 63.1 Å². The Labute approximate surface area is 215 Å². The number of methoxy groups -OCH3 is 1. The minimum atomic E-state index is -3.61. The van der Waals surface area contributed by atoms with Crippen LogP contribution in [0.2, 0.25) is 0 Å². The lowest BCUT2D eigenvalue weighted by molar-refractivity contribution is -0.0508. The molecule has 1 saturated heterocycles. The molecule has 0 bridgehead atoms. The largest absolute Gasteiger partial charge is 0.383 e. The predicted molar refractivity (Wildman–Crippen MR) is 145 cm³/mol. The molecule has 5 nitrogen and oxygen atoms in total. The maximum absolute atomic E-state index is 13.7. The number of hydrogen-bond donors (Lipinski definition) is 0. The van der Waals surface area contributed by atoms with Crippen LogP contribution >= 0.6 is 0 Å². The van der Waals surface area contributed by atoms with Crippen LogP contribution in [0.4, 0.5) is 0 Å². The van der Waals surface area contributed by atoms with E-state index in [1.807, 2.05) is 25.1 Å². The lowest BCUT2D eigenvalue weighted by Crippen LogP contribution is -2.67. The molecule has 6 heteroatoms. The van der Waals surface area contributed by atoms with Crippen LogP contribution in [-0.2, 0) is 14.8 Å². The molecule has 3 atom stereocenters. The number of aryl methyl sites for hydroxylation is 2. The van der Waals surface area contributed by atoms with E-state index in [1.165, 1.54) is 22.3 Å². The summed E-state index contributed by atoms with van der Waals surface area (Å²) in [5.74, 6) is 0.192. The van der Waals surface area contributed by atoms with Crippen LogP contribution in [0.3, 0.4) is 0 Å². The highest BCUT2D eigenvalue weighted by molar-refractivity contribution is 7.89. The molecule has 3 aromatic rings. The van der Waals surface area contributed by atoms with E-state index in [0.29, 0.717) is 24.6 Å². The molecule has 0 radical (unpaired) electrons. The molecule has 0 aromatic heterocycles. The average molecular weight is 503 g/mol. The number of benzene rings is 3. The second-order valence-corrected chi connectivity index (χ2v) is 11.8. The Bertz CT molecular complexity index is 1350. The Kier molecular flexibility index (Phi) is 7.13. The number of ether oxygens (including phenoxy) is 1. The van der Waals surface area contributed by atoms with Crippen LogP contribution in [0.15, 0.2) is 89.8 Å². The van der Waals surface area contributed by atoms with Crippen LogP contribution in [0.25, 0.3) is 11.1 Å². The molecular formula is C30H34N2O3S. The van der Waals surface area contributed by atoms with Crippen molar-refractivity contribution < 1.29 is 13.2 Å². The molecule has 1 unspecified atom stereocenters. The van der Waals surface area contributed by atoms with Gasteiger partial charge in [0.2, 0.25) is 10.0 Å².